The second-order valence-electron chi connectivity index (χ2n) is 5.71. The molecule has 0 saturated heterocycles. The average Bonchev–Trinajstić information content (AvgIpc) is 3.21. The molecule has 10 heteroatoms. The SMILES string of the molecule is COc1ccc(/C=N/[n+]2cn[nH]c2)cc1C[n+]1[nH]c(C)c([N+](=O)[O-])c1C. The molecule has 3 rings (SSSR count). The molecule has 0 spiro atoms. The first kappa shape index (κ1) is 17.3. The Labute approximate surface area is 148 Å². The van der Waals surface area contributed by atoms with Gasteiger partial charge in [-0.2, -0.15) is 5.10 Å². The van der Waals surface area contributed by atoms with Crippen LogP contribution < -0.4 is 14.1 Å². The molecule has 10 nitrogen and oxygen atoms in total. The number of benzene rings is 1. The highest BCUT2D eigenvalue weighted by Gasteiger charge is 2.29. The number of aromatic nitrogens is 5. The van der Waals surface area contributed by atoms with Gasteiger partial charge in [0.05, 0.1) is 23.8 Å². The van der Waals surface area contributed by atoms with E-state index in [0.29, 0.717) is 23.7 Å². The summed E-state index contributed by atoms with van der Waals surface area (Å²) >= 11 is 0. The maximum absolute atomic E-state index is 11.2. The Morgan fingerprint density at radius 1 is 1.42 bits per heavy atom. The van der Waals surface area contributed by atoms with Crippen LogP contribution in [0.2, 0.25) is 0 Å². The summed E-state index contributed by atoms with van der Waals surface area (Å²) in [4.78, 5) is 10.8. The molecule has 0 amide bonds. The number of H-pyrrole nitrogens is 2. The predicted molar refractivity (Wildman–Crippen MR) is 91.0 cm³/mol. The largest absolute Gasteiger partial charge is 0.496 e. The summed E-state index contributed by atoms with van der Waals surface area (Å²) in [6, 6.07) is 5.65. The maximum atomic E-state index is 11.2. The van der Waals surface area contributed by atoms with Gasteiger partial charge in [-0.3, -0.25) is 10.1 Å². The zero-order valence-electron chi connectivity index (χ0n) is 14.6. The van der Waals surface area contributed by atoms with Crippen LogP contribution in [-0.2, 0) is 6.54 Å². The quantitative estimate of drug-likeness (QED) is 0.293. The molecule has 0 bridgehead atoms. The van der Waals surface area contributed by atoms with Gasteiger partial charge in [0.2, 0.25) is 12.9 Å². The number of hydrogen-bond donors (Lipinski definition) is 2. The predicted octanol–water partition coefficient (Wildman–Crippen LogP) is 0.777. The number of rotatable bonds is 6. The summed E-state index contributed by atoms with van der Waals surface area (Å²) in [7, 11) is 1.59. The lowest BCUT2D eigenvalue weighted by atomic mass is 10.1. The number of ether oxygens (including phenoxy) is 1. The van der Waals surface area contributed by atoms with Crippen LogP contribution in [-0.4, -0.2) is 33.5 Å². The smallest absolute Gasteiger partial charge is 0.361 e. The Bertz CT molecular complexity index is 961. The topological polar surface area (TPSA) is 117 Å². The third-order valence-electron chi connectivity index (χ3n) is 4.00. The first-order valence-corrected chi connectivity index (χ1v) is 7.84. The van der Waals surface area contributed by atoms with Crippen LogP contribution in [0.15, 0.2) is 36.0 Å². The summed E-state index contributed by atoms with van der Waals surface area (Å²) in [5.41, 5.74) is 2.91. The van der Waals surface area contributed by atoms with Gasteiger partial charge >= 0.3 is 5.69 Å². The van der Waals surface area contributed by atoms with Gasteiger partial charge in [0, 0.05) is 12.0 Å². The highest BCUT2D eigenvalue weighted by Crippen LogP contribution is 2.22. The number of aryl methyl sites for hydroxylation is 1. The lowest BCUT2D eigenvalue weighted by molar-refractivity contribution is -0.748. The van der Waals surface area contributed by atoms with Crippen molar-refractivity contribution in [1.29, 1.82) is 0 Å². The van der Waals surface area contributed by atoms with E-state index in [2.05, 4.69) is 20.4 Å². The molecule has 2 heterocycles. The van der Waals surface area contributed by atoms with E-state index < -0.39 is 0 Å². The highest BCUT2D eigenvalue weighted by atomic mass is 16.6. The van der Waals surface area contributed by atoms with Crippen LogP contribution in [0.25, 0.3) is 0 Å². The molecular weight excluding hydrogens is 338 g/mol. The number of methoxy groups -OCH3 is 1. The van der Waals surface area contributed by atoms with Crippen LogP contribution in [0.4, 0.5) is 5.69 Å². The van der Waals surface area contributed by atoms with E-state index in [9.17, 15) is 10.1 Å². The van der Waals surface area contributed by atoms with E-state index in [1.165, 1.54) is 0 Å². The second-order valence-corrected chi connectivity index (χ2v) is 5.71. The summed E-state index contributed by atoms with van der Waals surface area (Å²) < 4.78 is 8.70. The van der Waals surface area contributed by atoms with Gasteiger partial charge in [0.1, 0.15) is 5.75 Å². The molecule has 0 saturated carbocycles. The Morgan fingerprint density at radius 2 is 2.23 bits per heavy atom. The van der Waals surface area contributed by atoms with Gasteiger partial charge in [0.15, 0.2) is 5.69 Å². The summed E-state index contributed by atoms with van der Waals surface area (Å²) in [5.74, 6) is 0.694. The monoisotopic (exact) mass is 357 g/mol. The summed E-state index contributed by atoms with van der Waals surface area (Å²) in [5, 5.41) is 25.0. The first-order chi connectivity index (χ1) is 12.5. The molecule has 0 aliphatic rings. The van der Waals surface area contributed by atoms with E-state index in [-0.39, 0.29) is 10.6 Å². The van der Waals surface area contributed by atoms with Crippen molar-refractivity contribution in [1.82, 2.24) is 15.3 Å². The Morgan fingerprint density at radius 3 is 2.85 bits per heavy atom. The fourth-order valence-electron chi connectivity index (χ4n) is 2.75. The molecule has 0 radical (unpaired) electrons. The van der Waals surface area contributed by atoms with Gasteiger partial charge in [-0.1, -0.05) is 0 Å². The Balaban J connectivity index is 1.93. The van der Waals surface area contributed by atoms with Crippen molar-refractivity contribution in [3.63, 3.8) is 0 Å². The standard InChI is InChI=1S/C16H17N7O3/c1-11-16(23(24)25)12(2)22(20-11)8-14-6-13(4-5-15(14)26-3)7-19-21-9-17-18-10-21/h4-7,9-10H,8H2,1-3H3/p+2/b19-7+. The van der Waals surface area contributed by atoms with Gasteiger partial charge in [0.25, 0.3) is 12.0 Å². The summed E-state index contributed by atoms with van der Waals surface area (Å²) in [6.07, 6.45) is 4.85. The second kappa shape index (κ2) is 7.13. The lowest BCUT2D eigenvalue weighted by Gasteiger charge is -2.06. The zero-order chi connectivity index (χ0) is 18.7. The van der Waals surface area contributed by atoms with Crippen molar-refractivity contribution in [3.05, 3.63) is 63.5 Å². The third kappa shape index (κ3) is 3.43. The number of hydrogen-bond acceptors (Lipinski definition) is 5. The van der Waals surface area contributed by atoms with Crippen LogP contribution in [0.1, 0.15) is 22.5 Å². The molecular formula is C16H19N7O3+2. The van der Waals surface area contributed by atoms with E-state index in [0.717, 1.165) is 11.1 Å². The minimum atomic E-state index is -0.375. The number of aromatic amines is 2. The van der Waals surface area contributed by atoms with Gasteiger partial charge in [-0.05, 0) is 30.7 Å². The normalized spacial score (nSPS) is 11.2. The van der Waals surface area contributed by atoms with Crippen molar-refractivity contribution >= 4 is 11.9 Å². The highest BCUT2D eigenvalue weighted by molar-refractivity contribution is 5.79. The van der Waals surface area contributed by atoms with E-state index in [1.807, 2.05) is 18.2 Å². The van der Waals surface area contributed by atoms with E-state index in [1.54, 1.807) is 49.2 Å². The number of nitrogens with one attached hydrogen (secondary N) is 2. The lowest BCUT2D eigenvalue weighted by Crippen LogP contribution is -2.39. The molecule has 0 aliphatic carbocycles. The molecule has 2 aromatic heterocycles. The number of nitro groups is 1. The van der Waals surface area contributed by atoms with Gasteiger partial charge < -0.3 is 4.74 Å². The fraction of sp³-hybridized carbons (Fsp3) is 0.250. The molecule has 2 N–H and O–H groups in total. The Kier molecular flexibility index (Phi) is 4.74. The zero-order valence-corrected chi connectivity index (χ0v) is 14.6. The van der Waals surface area contributed by atoms with Crippen molar-refractivity contribution in [3.8, 4) is 5.75 Å². The Hall–Kier alpha value is -3.56. The minimum Gasteiger partial charge on any atom is -0.496 e. The third-order valence-corrected chi connectivity index (χ3v) is 4.00. The van der Waals surface area contributed by atoms with Gasteiger partial charge in [-0.25, -0.2) is 0 Å². The number of nitrogens with zero attached hydrogens (tertiary/aromatic N) is 5. The van der Waals surface area contributed by atoms with Crippen LogP contribution >= 0.6 is 0 Å². The molecule has 0 unspecified atom stereocenters. The van der Waals surface area contributed by atoms with Crippen molar-refractivity contribution < 1.29 is 19.0 Å². The van der Waals surface area contributed by atoms with Gasteiger partial charge in [-0.15, -0.1) is 19.6 Å². The molecule has 0 atom stereocenters. The molecule has 0 aliphatic heterocycles. The molecule has 1 aromatic carbocycles. The van der Waals surface area contributed by atoms with Crippen LogP contribution in [0, 0.1) is 24.0 Å². The fourth-order valence-corrected chi connectivity index (χ4v) is 2.75. The van der Waals surface area contributed by atoms with Crippen molar-refractivity contribution in [2.45, 2.75) is 20.4 Å². The van der Waals surface area contributed by atoms with Crippen molar-refractivity contribution in [2.75, 3.05) is 7.11 Å². The van der Waals surface area contributed by atoms with E-state index in [4.69, 9.17) is 4.74 Å². The minimum absolute atomic E-state index is 0.0954. The summed E-state index contributed by atoms with van der Waals surface area (Å²) in [6.45, 7) is 3.81. The van der Waals surface area contributed by atoms with Crippen LogP contribution in [0.3, 0.4) is 0 Å². The van der Waals surface area contributed by atoms with E-state index >= 15 is 0 Å². The average molecular weight is 357 g/mol. The molecule has 0 fully saturated rings. The maximum Gasteiger partial charge on any atom is 0.361 e. The van der Waals surface area contributed by atoms with Crippen molar-refractivity contribution in [2.24, 2.45) is 5.10 Å². The molecule has 134 valence electrons. The molecule has 3 aromatic rings. The van der Waals surface area contributed by atoms with Crippen LogP contribution in [0.5, 0.6) is 5.75 Å². The molecule has 26 heavy (non-hydrogen) atoms. The first-order valence-electron chi connectivity index (χ1n) is 7.84.